The molecule has 0 radical (unpaired) electrons. The Bertz CT molecular complexity index is 365. The Hall–Kier alpha value is -0.930. The highest BCUT2D eigenvalue weighted by atomic mass is 15.2. The van der Waals surface area contributed by atoms with Crippen molar-refractivity contribution in [1.82, 2.24) is 15.2 Å². The molecular formula is C16H29N3. The second-order valence-corrected chi connectivity index (χ2v) is 5.38. The Balaban J connectivity index is 2.57. The van der Waals surface area contributed by atoms with Crippen molar-refractivity contribution in [3.05, 3.63) is 29.6 Å². The average Bonchev–Trinajstić information content (AvgIpc) is 2.36. The van der Waals surface area contributed by atoms with Gasteiger partial charge in [-0.2, -0.15) is 0 Å². The van der Waals surface area contributed by atoms with Crippen molar-refractivity contribution in [1.29, 1.82) is 0 Å². The smallest absolute Gasteiger partial charge is 0.0547 e. The summed E-state index contributed by atoms with van der Waals surface area (Å²) in [5.41, 5.74) is 2.27. The van der Waals surface area contributed by atoms with Crippen molar-refractivity contribution in [2.75, 3.05) is 13.1 Å². The molecule has 0 aliphatic rings. The van der Waals surface area contributed by atoms with Crippen LogP contribution < -0.4 is 5.32 Å². The summed E-state index contributed by atoms with van der Waals surface area (Å²) in [6, 6.07) is 7.41. The van der Waals surface area contributed by atoms with Crippen molar-refractivity contribution < 1.29 is 0 Å². The van der Waals surface area contributed by atoms with Crippen molar-refractivity contribution in [3.63, 3.8) is 0 Å². The number of aryl methyl sites for hydroxylation is 1. The minimum Gasteiger partial charge on any atom is -0.314 e. The van der Waals surface area contributed by atoms with Gasteiger partial charge < -0.3 is 5.32 Å². The molecule has 1 rings (SSSR count). The molecule has 0 spiro atoms. The van der Waals surface area contributed by atoms with Crippen LogP contribution in [-0.4, -0.2) is 35.1 Å². The Morgan fingerprint density at radius 3 is 2.58 bits per heavy atom. The molecular weight excluding hydrogens is 234 g/mol. The van der Waals surface area contributed by atoms with Crippen molar-refractivity contribution in [2.45, 2.75) is 59.7 Å². The highest BCUT2D eigenvalue weighted by molar-refractivity contribution is 5.09. The summed E-state index contributed by atoms with van der Waals surface area (Å²) in [6.07, 6.45) is 1.17. The predicted molar refractivity (Wildman–Crippen MR) is 82.3 cm³/mol. The van der Waals surface area contributed by atoms with Crippen LogP contribution in [0.15, 0.2) is 18.2 Å². The molecule has 0 aromatic carbocycles. The van der Waals surface area contributed by atoms with Crippen LogP contribution in [0.1, 0.15) is 45.5 Å². The summed E-state index contributed by atoms with van der Waals surface area (Å²) in [4.78, 5) is 7.10. The highest BCUT2D eigenvalue weighted by Crippen LogP contribution is 2.11. The lowest BCUT2D eigenvalue weighted by atomic mass is 10.1. The van der Waals surface area contributed by atoms with Gasteiger partial charge >= 0.3 is 0 Å². The topological polar surface area (TPSA) is 28.2 Å². The third-order valence-electron chi connectivity index (χ3n) is 3.59. The zero-order chi connectivity index (χ0) is 14.3. The molecule has 0 saturated heterocycles. The molecule has 0 aliphatic heterocycles. The van der Waals surface area contributed by atoms with Gasteiger partial charge in [-0.05, 0) is 52.4 Å². The van der Waals surface area contributed by atoms with Gasteiger partial charge in [-0.1, -0.05) is 19.9 Å². The van der Waals surface area contributed by atoms with Gasteiger partial charge in [-0.25, -0.2) is 0 Å². The first kappa shape index (κ1) is 16.1. The molecule has 1 aromatic rings. The van der Waals surface area contributed by atoms with E-state index in [-0.39, 0.29) is 0 Å². The lowest BCUT2D eigenvalue weighted by molar-refractivity contribution is 0.187. The average molecular weight is 263 g/mol. The van der Waals surface area contributed by atoms with Gasteiger partial charge in [-0.3, -0.25) is 9.88 Å². The van der Waals surface area contributed by atoms with E-state index in [1.807, 2.05) is 0 Å². The first-order valence-corrected chi connectivity index (χ1v) is 7.46. The molecule has 0 bridgehead atoms. The van der Waals surface area contributed by atoms with E-state index < -0.39 is 0 Å². The van der Waals surface area contributed by atoms with E-state index in [4.69, 9.17) is 0 Å². The maximum atomic E-state index is 4.60. The van der Waals surface area contributed by atoms with Crippen molar-refractivity contribution in [2.24, 2.45) is 0 Å². The second kappa shape index (κ2) is 8.28. The summed E-state index contributed by atoms with van der Waals surface area (Å²) in [5.74, 6) is 0. The maximum Gasteiger partial charge on any atom is 0.0547 e. The van der Waals surface area contributed by atoms with Gasteiger partial charge in [0.05, 0.1) is 5.69 Å². The number of hydrogen-bond donors (Lipinski definition) is 1. The van der Waals surface area contributed by atoms with Crippen LogP contribution >= 0.6 is 0 Å². The predicted octanol–water partition coefficient (Wildman–Crippen LogP) is 2.99. The number of pyridine rings is 1. The normalized spacial score (nSPS) is 14.6. The van der Waals surface area contributed by atoms with Crippen molar-refractivity contribution in [3.8, 4) is 0 Å². The zero-order valence-corrected chi connectivity index (χ0v) is 13.1. The third-order valence-corrected chi connectivity index (χ3v) is 3.59. The fraction of sp³-hybridized carbons (Fsp3) is 0.688. The minimum atomic E-state index is 0.569. The molecule has 0 amide bonds. The van der Waals surface area contributed by atoms with E-state index in [0.717, 1.165) is 25.3 Å². The highest BCUT2D eigenvalue weighted by Gasteiger charge is 2.15. The standard InChI is InChI=1S/C16H29N3/c1-6-17-14(4)11-15(5)19(7-2)12-16-10-8-9-13(3)18-16/h8-10,14-15,17H,6-7,11-12H2,1-5H3. The minimum absolute atomic E-state index is 0.569. The van der Waals surface area contributed by atoms with E-state index in [2.05, 4.69) is 68.0 Å². The summed E-state index contributed by atoms with van der Waals surface area (Å²) in [7, 11) is 0. The van der Waals surface area contributed by atoms with E-state index in [0.29, 0.717) is 12.1 Å². The second-order valence-electron chi connectivity index (χ2n) is 5.38. The number of rotatable bonds is 8. The lowest BCUT2D eigenvalue weighted by Crippen LogP contribution is -2.38. The van der Waals surface area contributed by atoms with Crippen LogP contribution in [0.25, 0.3) is 0 Å². The van der Waals surface area contributed by atoms with Crippen LogP contribution in [0.4, 0.5) is 0 Å². The van der Waals surface area contributed by atoms with Gasteiger partial charge in [0.15, 0.2) is 0 Å². The van der Waals surface area contributed by atoms with Crippen LogP contribution in [0, 0.1) is 6.92 Å². The SMILES string of the molecule is CCNC(C)CC(C)N(CC)Cc1cccc(C)n1. The Morgan fingerprint density at radius 1 is 1.26 bits per heavy atom. The number of nitrogens with zero attached hydrogens (tertiary/aromatic N) is 2. The van der Waals surface area contributed by atoms with Crippen LogP contribution in [0.2, 0.25) is 0 Å². The van der Waals surface area contributed by atoms with Gasteiger partial charge in [0.1, 0.15) is 0 Å². The summed E-state index contributed by atoms with van der Waals surface area (Å²) >= 11 is 0. The molecule has 3 heteroatoms. The zero-order valence-electron chi connectivity index (χ0n) is 13.1. The summed E-state index contributed by atoms with van der Waals surface area (Å²) < 4.78 is 0. The van der Waals surface area contributed by atoms with Gasteiger partial charge in [0, 0.05) is 24.3 Å². The summed E-state index contributed by atoms with van der Waals surface area (Å²) in [6.45, 7) is 14.1. The monoisotopic (exact) mass is 263 g/mol. The molecule has 0 fully saturated rings. The molecule has 3 nitrogen and oxygen atoms in total. The van der Waals surface area contributed by atoms with Crippen LogP contribution in [-0.2, 0) is 6.54 Å². The number of aromatic nitrogens is 1. The van der Waals surface area contributed by atoms with Gasteiger partial charge in [-0.15, -0.1) is 0 Å². The molecule has 19 heavy (non-hydrogen) atoms. The van der Waals surface area contributed by atoms with Gasteiger partial charge in [0.25, 0.3) is 0 Å². The van der Waals surface area contributed by atoms with Crippen LogP contribution in [0.5, 0.6) is 0 Å². The molecule has 1 N–H and O–H groups in total. The first-order valence-electron chi connectivity index (χ1n) is 7.46. The molecule has 108 valence electrons. The fourth-order valence-electron chi connectivity index (χ4n) is 2.57. The van der Waals surface area contributed by atoms with Gasteiger partial charge in [0.2, 0.25) is 0 Å². The molecule has 0 saturated carbocycles. The maximum absolute atomic E-state index is 4.60. The third kappa shape index (κ3) is 5.70. The van der Waals surface area contributed by atoms with Crippen LogP contribution in [0.3, 0.4) is 0 Å². The molecule has 2 atom stereocenters. The Kier molecular flexibility index (Phi) is 7.03. The Morgan fingerprint density at radius 2 is 2.00 bits per heavy atom. The molecule has 1 aromatic heterocycles. The quantitative estimate of drug-likeness (QED) is 0.781. The van der Waals surface area contributed by atoms with E-state index in [1.165, 1.54) is 12.1 Å². The van der Waals surface area contributed by atoms with E-state index >= 15 is 0 Å². The lowest BCUT2D eigenvalue weighted by Gasteiger charge is -2.29. The number of hydrogen-bond acceptors (Lipinski definition) is 3. The van der Waals surface area contributed by atoms with E-state index in [1.54, 1.807) is 0 Å². The number of nitrogens with one attached hydrogen (secondary N) is 1. The first-order chi connectivity index (χ1) is 9.06. The molecule has 2 unspecified atom stereocenters. The van der Waals surface area contributed by atoms with Crippen molar-refractivity contribution >= 4 is 0 Å². The van der Waals surface area contributed by atoms with E-state index in [9.17, 15) is 0 Å². The Labute approximate surface area is 118 Å². The summed E-state index contributed by atoms with van der Waals surface area (Å²) in [5, 5.41) is 3.49. The molecule has 1 heterocycles. The largest absolute Gasteiger partial charge is 0.314 e. The fourth-order valence-corrected chi connectivity index (χ4v) is 2.57. The molecule has 0 aliphatic carbocycles.